The first-order valence-electron chi connectivity index (χ1n) is 6.26. The third kappa shape index (κ3) is 5.02. The van der Waals surface area contributed by atoms with Crippen LogP contribution in [0, 0.1) is 12.3 Å². The van der Waals surface area contributed by atoms with Gasteiger partial charge in [0.2, 0.25) is 0 Å². The molecule has 0 bridgehead atoms. The van der Waals surface area contributed by atoms with Crippen molar-refractivity contribution < 1.29 is 14.7 Å². The van der Waals surface area contributed by atoms with Gasteiger partial charge in [0.25, 0.3) is 0 Å². The first-order valence-corrected chi connectivity index (χ1v) is 6.26. The SMILES string of the molecule is C#CCN(C)C(=O)NC(CCC(=O)O)c1ccccc1. The highest BCUT2D eigenvalue weighted by molar-refractivity contribution is 5.75. The normalized spacial score (nSPS) is 11.2. The van der Waals surface area contributed by atoms with Crippen LogP contribution in [-0.2, 0) is 4.79 Å². The molecule has 1 aromatic carbocycles. The van der Waals surface area contributed by atoms with Crippen molar-refractivity contribution in [2.45, 2.75) is 18.9 Å². The van der Waals surface area contributed by atoms with Crippen LogP contribution >= 0.6 is 0 Å². The topological polar surface area (TPSA) is 69.6 Å². The molecule has 0 aromatic heterocycles. The molecule has 5 nitrogen and oxygen atoms in total. The number of amides is 2. The average Bonchev–Trinajstić information content (AvgIpc) is 2.44. The van der Waals surface area contributed by atoms with E-state index in [-0.39, 0.29) is 25.0 Å². The number of urea groups is 1. The second-order valence-corrected chi connectivity index (χ2v) is 4.41. The van der Waals surface area contributed by atoms with Crippen molar-refractivity contribution in [1.82, 2.24) is 10.2 Å². The monoisotopic (exact) mass is 274 g/mol. The Morgan fingerprint density at radius 2 is 2.05 bits per heavy atom. The minimum absolute atomic E-state index is 0.0152. The first kappa shape index (κ1) is 15.6. The second-order valence-electron chi connectivity index (χ2n) is 4.41. The number of carbonyl (C=O) groups excluding carboxylic acids is 1. The molecule has 0 fully saturated rings. The van der Waals surface area contributed by atoms with Crippen molar-refractivity contribution in [2.24, 2.45) is 0 Å². The van der Waals surface area contributed by atoms with Crippen molar-refractivity contribution in [3.63, 3.8) is 0 Å². The minimum atomic E-state index is -0.892. The second kappa shape index (κ2) is 7.85. The van der Waals surface area contributed by atoms with E-state index in [0.29, 0.717) is 6.42 Å². The predicted octanol–water partition coefficient (Wildman–Crippen LogP) is 1.87. The molecule has 0 heterocycles. The van der Waals surface area contributed by atoms with Gasteiger partial charge in [0, 0.05) is 13.5 Å². The quantitative estimate of drug-likeness (QED) is 0.778. The smallest absolute Gasteiger partial charge is 0.318 e. The molecule has 20 heavy (non-hydrogen) atoms. The molecule has 2 N–H and O–H groups in total. The highest BCUT2D eigenvalue weighted by Gasteiger charge is 2.17. The number of carbonyl (C=O) groups is 2. The number of nitrogens with one attached hydrogen (secondary N) is 1. The fourth-order valence-electron chi connectivity index (χ4n) is 1.74. The lowest BCUT2D eigenvalue weighted by Gasteiger charge is -2.22. The summed E-state index contributed by atoms with van der Waals surface area (Å²) in [6.07, 6.45) is 5.47. The number of nitrogens with zero attached hydrogens (tertiary/aromatic N) is 1. The fourth-order valence-corrected chi connectivity index (χ4v) is 1.74. The van der Waals surface area contributed by atoms with Crippen molar-refractivity contribution in [1.29, 1.82) is 0 Å². The average molecular weight is 274 g/mol. The van der Waals surface area contributed by atoms with E-state index in [0.717, 1.165) is 5.56 Å². The summed E-state index contributed by atoms with van der Waals surface area (Å²) in [7, 11) is 1.59. The van der Waals surface area contributed by atoms with Gasteiger partial charge in [0.15, 0.2) is 0 Å². The van der Waals surface area contributed by atoms with Crippen LogP contribution < -0.4 is 5.32 Å². The summed E-state index contributed by atoms with van der Waals surface area (Å²) in [4.78, 5) is 24.0. The standard InChI is InChI=1S/C15H18N2O3/c1-3-11-17(2)15(20)16-13(9-10-14(18)19)12-7-5-4-6-8-12/h1,4-8,13H,9-11H2,2H3,(H,16,20)(H,18,19). The van der Waals surface area contributed by atoms with Crippen LogP contribution in [0.4, 0.5) is 4.79 Å². The molecule has 0 saturated heterocycles. The van der Waals surface area contributed by atoms with Gasteiger partial charge in [-0.3, -0.25) is 4.79 Å². The number of terminal acetylenes is 1. The molecule has 1 atom stereocenters. The van der Waals surface area contributed by atoms with Gasteiger partial charge in [-0.15, -0.1) is 6.42 Å². The van der Waals surface area contributed by atoms with Crippen molar-refractivity contribution in [3.8, 4) is 12.3 Å². The van der Waals surface area contributed by atoms with Crippen LogP contribution in [0.15, 0.2) is 30.3 Å². The Bertz CT molecular complexity index is 494. The lowest BCUT2D eigenvalue weighted by molar-refractivity contribution is -0.137. The molecule has 106 valence electrons. The molecule has 1 rings (SSSR count). The number of carboxylic acid groups (broad SMARTS) is 1. The molecule has 0 spiro atoms. The summed E-state index contributed by atoms with van der Waals surface area (Å²) in [5.41, 5.74) is 0.871. The van der Waals surface area contributed by atoms with Crippen LogP contribution in [0.1, 0.15) is 24.4 Å². The van der Waals surface area contributed by atoms with Crippen LogP contribution in [0.5, 0.6) is 0 Å². The highest BCUT2D eigenvalue weighted by Crippen LogP contribution is 2.18. The van der Waals surface area contributed by atoms with E-state index >= 15 is 0 Å². The lowest BCUT2D eigenvalue weighted by Crippen LogP contribution is -2.39. The minimum Gasteiger partial charge on any atom is -0.481 e. The number of benzene rings is 1. The Labute approximate surface area is 118 Å². The Morgan fingerprint density at radius 3 is 2.60 bits per heavy atom. The maximum absolute atomic E-state index is 11.9. The van der Waals surface area contributed by atoms with E-state index in [1.165, 1.54) is 4.90 Å². The summed E-state index contributed by atoms with van der Waals surface area (Å²) >= 11 is 0. The third-order valence-electron chi connectivity index (χ3n) is 2.82. The summed E-state index contributed by atoms with van der Waals surface area (Å²) in [6, 6.07) is 8.61. The van der Waals surface area contributed by atoms with Gasteiger partial charge in [0.05, 0.1) is 12.6 Å². The molecule has 0 saturated carbocycles. The van der Waals surface area contributed by atoms with E-state index in [2.05, 4.69) is 11.2 Å². The summed E-state index contributed by atoms with van der Waals surface area (Å²) < 4.78 is 0. The number of hydrogen-bond donors (Lipinski definition) is 2. The Hall–Kier alpha value is -2.48. The molecule has 1 aromatic rings. The Morgan fingerprint density at radius 1 is 1.40 bits per heavy atom. The molecule has 2 amide bonds. The maximum atomic E-state index is 11.9. The number of hydrogen-bond acceptors (Lipinski definition) is 2. The van der Waals surface area contributed by atoms with Gasteiger partial charge in [-0.2, -0.15) is 0 Å². The Balaban J connectivity index is 2.76. The van der Waals surface area contributed by atoms with Crippen molar-refractivity contribution >= 4 is 12.0 Å². The first-order chi connectivity index (χ1) is 9.54. The van der Waals surface area contributed by atoms with Crippen molar-refractivity contribution in [3.05, 3.63) is 35.9 Å². The van der Waals surface area contributed by atoms with Crippen LogP contribution in [0.2, 0.25) is 0 Å². The van der Waals surface area contributed by atoms with E-state index in [4.69, 9.17) is 11.5 Å². The molecule has 0 aliphatic rings. The zero-order chi connectivity index (χ0) is 15.0. The van der Waals surface area contributed by atoms with E-state index in [1.54, 1.807) is 7.05 Å². The van der Waals surface area contributed by atoms with Crippen LogP contribution in [-0.4, -0.2) is 35.6 Å². The third-order valence-corrected chi connectivity index (χ3v) is 2.82. The summed E-state index contributed by atoms with van der Waals surface area (Å²) in [5, 5.41) is 11.6. The van der Waals surface area contributed by atoms with Gasteiger partial charge < -0.3 is 15.3 Å². The van der Waals surface area contributed by atoms with Gasteiger partial charge in [0.1, 0.15) is 0 Å². The zero-order valence-electron chi connectivity index (χ0n) is 11.4. The number of carboxylic acids is 1. The van der Waals surface area contributed by atoms with Gasteiger partial charge in [-0.05, 0) is 12.0 Å². The number of rotatable bonds is 6. The molecular formula is C15H18N2O3. The largest absolute Gasteiger partial charge is 0.481 e. The zero-order valence-corrected chi connectivity index (χ0v) is 11.4. The Kier molecular flexibility index (Phi) is 6.11. The van der Waals surface area contributed by atoms with Gasteiger partial charge in [-0.1, -0.05) is 36.3 Å². The molecule has 0 aliphatic carbocycles. The van der Waals surface area contributed by atoms with Crippen LogP contribution in [0.3, 0.4) is 0 Å². The van der Waals surface area contributed by atoms with Crippen LogP contribution in [0.25, 0.3) is 0 Å². The van der Waals surface area contributed by atoms with E-state index in [9.17, 15) is 9.59 Å². The van der Waals surface area contributed by atoms with Gasteiger partial charge in [-0.25, -0.2) is 4.79 Å². The highest BCUT2D eigenvalue weighted by atomic mass is 16.4. The van der Waals surface area contributed by atoms with E-state index in [1.807, 2.05) is 30.3 Å². The predicted molar refractivity (Wildman–Crippen MR) is 76.0 cm³/mol. The summed E-state index contributed by atoms with van der Waals surface area (Å²) in [5.74, 6) is 1.49. The summed E-state index contributed by atoms with van der Waals surface area (Å²) in [6.45, 7) is 0.201. The molecule has 1 unspecified atom stereocenters. The number of aliphatic carboxylic acids is 1. The van der Waals surface area contributed by atoms with Gasteiger partial charge >= 0.3 is 12.0 Å². The van der Waals surface area contributed by atoms with E-state index < -0.39 is 5.97 Å². The van der Waals surface area contributed by atoms with Crippen molar-refractivity contribution in [2.75, 3.05) is 13.6 Å². The molecule has 5 heteroatoms. The molecular weight excluding hydrogens is 256 g/mol. The molecule has 0 aliphatic heterocycles. The lowest BCUT2D eigenvalue weighted by atomic mass is 10.0. The molecule has 0 radical (unpaired) electrons. The fraction of sp³-hybridized carbons (Fsp3) is 0.333. The maximum Gasteiger partial charge on any atom is 0.318 e.